The van der Waals surface area contributed by atoms with Crippen LogP contribution in [0.15, 0.2) is 24.3 Å². The number of carbonyl (C=O) groups is 1. The number of aryl methyl sites for hydroxylation is 1. The number of fused-ring (bicyclic) bond motifs is 1. The predicted octanol–water partition coefficient (Wildman–Crippen LogP) is 2.00. The summed E-state index contributed by atoms with van der Waals surface area (Å²) in [5.74, 6) is 1.99. The van der Waals surface area contributed by atoms with Crippen molar-refractivity contribution in [1.29, 1.82) is 0 Å². The molecule has 0 fully saturated rings. The highest BCUT2D eigenvalue weighted by Gasteiger charge is 2.29. The molecule has 1 aromatic carbocycles. The Morgan fingerprint density at radius 2 is 2.05 bits per heavy atom. The van der Waals surface area contributed by atoms with Crippen LogP contribution in [0.3, 0.4) is 0 Å². The molecule has 0 bridgehead atoms. The van der Waals surface area contributed by atoms with Gasteiger partial charge in [-0.05, 0) is 37.1 Å². The molecule has 0 spiro atoms. The third-order valence-electron chi connectivity index (χ3n) is 3.70. The van der Waals surface area contributed by atoms with E-state index in [1.54, 1.807) is 11.8 Å². The summed E-state index contributed by atoms with van der Waals surface area (Å²) in [6, 6.07) is 7.19. The molecule has 110 valence electrons. The second-order valence-electron chi connectivity index (χ2n) is 4.96. The number of ether oxygens (including phenoxy) is 2. The van der Waals surface area contributed by atoms with E-state index >= 15 is 0 Å². The monoisotopic (exact) mass is 287 g/mol. The topological polar surface area (TPSA) is 66.2 Å². The lowest BCUT2D eigenvalue weighted by molar-refractivity contribution is -0.145. The molecular weight excluding hydrogens is 270 g/mol. The van der Waals surface area contributed by atoms with Gasteiger partial charge in [0.05, 0.1) is 14.2 Å². The second kappa shape index (κ2) is 5.55. The SMILES string of the molecule is COC(=O)C1CCCc2nc(-c3ccc(OC)cc3)nn21. The number of rotatable bonds is 3. The summed E-state index contributed by atoms with van der Waals surface area (Å²) in [7, 11) is 3.03. The van der Waals surface area contributed by atoms with Gasteiger partial charge in [0.15, 0.2) is 11.9 Å². The van der Waals surface area contributed by atoms with Crippen LogP contribution in [0, 0.1) is 0 Å². The van der Waals surface area contributed by atoms with E-state index in [0.717, 1.165) is 36.4 Å². The van der Waals surface area contributed by atoms with Crippen molar-refractivity contribution in [3.8, 4) is 17.1 Å². The van der Waals surface area contributed by atoms with Crippen molar-refractivity contribution in [1.82, 2.24) is 14.8 Å². The predicted molar refractivity (Wildman–Crippen MR) is 76.0 cm³/mol. The van der Waals surface area contributed by atoms with Crippen LogP contribution in [-0.4, -0.2) is 35.0 Å². The van der Waals surface area contributed by atoms with Gasteiger partial charge in [-0.25, -0.2) is 14.5 Å². The molecule has 0 saturated carbocycles. The Morgan fingerprint density at radius 3 is 2.71 bits per heavy atom. The van der Waals surface area contributed by atoms with E-state index in [9.17, 15) is 4.79 Å². The van der Waals surface area contributed by atoms with Gasteiger partial charge in [-0.1, -0.05) is 0 Å². The quantitative estimate of drug-likeness (QED) is 0.808. The molecule has 3 rings (SSSR count). The van der Waals surface area contributed by atoms with Gasteiger partial charge >= 0.3 is 5.97 Å². The standard InChI is InChI=1S/C15H17N3O3/c1-20-11-8-6-10(7-9-11)14-16-13-5-3-4-12(15(19)21-2)18(13)17-14/h6-9,12H,3-5H2,1-2H3. The number of esters is 1. The lowest BCUT2D eigenvalue weighted by Crippen LogP contribution is -2.27. The minimum atomic E-state index is -0.363. The smallest absolute Gasteiger partial charge is 0.330 e. The molecule has 1 aliphatic heterocycles. The normalized spacial score (nSPS) is 17.1. The molecule has 1 unspecified atom stereocenters. The number of carbonyl (C=O) groups excluding carboxylic acids is 1. The maximum Gasteiger partial charge on any atom is 0.330 e. The van der Waals surface area contributed by atoms with Crippen LogP contribution in [0.1, 0.15) is 24.7 Å². The van der Waals surface area contributed by atoms with Gasteiger partial charge in [0, 0.05) is 12.0 Å². The molecule has 0 radical (unpaired) electrons. The number of nitrogens with zero attached hydrogens (tertiary/aromatic N) is 3. The van der Waals surface area contributed by atoms with Gasteiger partial charge in [0.2, 0.25) is 0 Å². The zero-order valence-corrected chi connectivity index (χ0v) is 12.1. The Bertz CT molecular complexity index is 649. The first kappa shape index (κ1) is 13.6. The molecule has 1 atom stereocenters. The van der Waals surface area contributed by atoms with Crippen molar-refractivity contribution < 1.29 is 14.3 Å². The molecule has 1 aromatic heterocycles. The van der Waals surface area contributed by atoms with Crippen molar-refractivity contribution in [3.63, 3.8) is 0 Å². The summed E-state index contributed by atoms with van der Waals surface area (Å²) in [4.78, 5) is 16.4. The largest absolute Gasteiger partial charge is 0.497 e. The van der Waals surface area contributed by atoms with E-state index in [1.807, 2.05) is 24.3 Å². The maximum atomic E-state index is 11.8. The highest BCUT2D eigenvalue weighted by atomic mass is 16.5. The number of methoxy groups -OCH3 is 2. The van der Waals surface area contributed by atoms with Gasteiger partial charge in [0.25, 0.3) is 0 Å². The fraction of sp³-hybridized carbons (Fsp3) is 0.400. The van der Waals surface area contributed by atoms with E-state index in [0.29, 0.717) is 5.82 Å². The van der Waals surface area contributed by atoms with E-state index in [-0.39, 0.29) is 12.0 Å². The Labute approximate surface area is 122 Å². The molecule has 6 nitrogen and oxygen atoms in total. The summed E-state index contributed by atoms with van der Waals surface area (Å²) >= 11 is 0. The Hall–Kier alpha value is -2.37. The van der Waals surface area contributed by atoms with Crippen LogP contribution in [0.25, 0.3) is 11.4 Å². The van der Waals surface area contributed by atoms with Crippen LogP contribution in [-0.2, 0) is 16.0 Å². The van der Waals surface area contributed by atoms with E-state index in [1.165, 1.54) is 7.11 Å². The van der Waals surface area contributed by atoms with Gasteiger partial charge in [-0.15, -0.1) is 5.10 Å². The minimum absolute atomic E-state index is 0.262. The lowest BCUT2D eigenvalue weighted by atomic mass is 10.1. The third-order valence-corrected chi connectivity index (χ3v) is 3.70. The molecule has 0 saturated heterocycles. The fourth-order valence-electron chi connectivity index (χ4n) is 2.57. The molecule has 1 aliphatic rings. The van der Waals surface area contributed by atoms with E-state index in [4.69, 9.17) is 9.47 Å². The van der Waals surface area contributed by atoms with Crippen molar-refractivity contribution in [2.45, 2.75) is 25.3 Å². The molecular formula is C15H17N3O3. The molecule has 0 amide bonds. The molecule has 2 heterocycles. The molecule has 0 N–H and O–H groups in total. The Kier molecular flexibility index (Phi) is 3.60. The number of benzene rings is 1. The van der Waals surface area contributed by atoms with Crippen molar-refractivity contribution >= 4 is 5.97 Å². The molecule has 6 heteroatoms. The summed E-state index contributed by atoms with van der Waals surface area (Å²) in [5, 5.41) is 4.49. The van der Waals surface area contributed by atoms with Gasteiger partial charge in [-0.3, -0.25) is 0 Å². The third kappa shape index (κ3) is 2.49. The zero-order valence-electron chi connectivity index (χ0n) is 12.1. The van der Waals surface area contributed by atoms with E-state index < -0.39 is 0 Å². The number of hydrogen-bond donors (Lipinski definition) is 0. The van der Waals surface area contributed by atoms with Crippen LogP contribution in [0.2, 0.25) is 0 Å². The van der Waals surface area contributed by atoms with Crippen LogP contribution >= 0.6 is 0 Å². The minimum Gasteiger partial charge on any atom is -0.497 e. The van der Waals surface area contributed by atoms with Gasteiger partial charge < -0.3 is 9.47 Å². The fourth-order valence-corrected chi connectivity index (χ4v) is 2.57. The first-order chi connectivity index (χ1) is 10.2. The van der Waals surface area contributed by atoms with Gasteiger partial charge in [-0.2, -0.15) is 0 Å². The molecule has 21 heavy (non-hydrogen) atoms. The van der Waals surface area contributed by atoms with Crippen molar-refractivity contribution in [2.75, 3.05) is 14.2 Å². The van der Waals surface area contributed by atoms with Crippen LogP contribution in [0.4, 0.5) is 0 Å². The second-order valence-corrected chi connectivity index (χ2v) is 4.96. The van der Waals surface area contributed by atoms with Gasteiger partial charge in [0.1, 0.15) is 11.6 Å². The summed E-state index contributed by atoms with van der Waals surface area (Å²) in [6.07, 6.45) is 2.49. The van der Waals surface area contributed by atoms with E-state index in [2.05, 4.69) is 10.1 Å². The van der Waals surface area contributed by atoms with Crippen LogP contribution < -0.4 is 4.74 Å². The molecule has 0 aliphatic carbocycles. The highest BCUT2D eigenvalue weighted by molar-refractivity contribution is 5.74. The molecule has 2 aromatic rings. The lowest BCUT2D eigenvalue weighted by Gasteiger charge is -2.20. The Morgan fingerprint density at radius 1 is 1.29 bits per heavy atom. The average Bonchev–Trinajstić information content (AvgIpc) is 2.98. The number of aromatic nitrogens is 3. The summed E-state index contributed by atoms with van der Waals surface area (Å²) < 4.78 is 11.7. The number of hydrogen-bond acceptors (Lipinski definition) is 5. The first-order valence-electron chi connectivity index (χ1n) is 6.90. The van der Waals surface area contributed by atoms with Crippen molar-refractivity contribution in [2.24, 2.45) is 0 Å². The summed E-state index contributed by atoms with van der Waals surface area (Å²) in [5.41, 5.74) is 0.904. The zero-order chi connectivity index (χ0) is 14.8. The average molecular weight is 287 g/mol. The Balaban J connectivity index is 1.95. The maximum absolute atomic E-state index is 11.8. The van der Waals surface area contributed by atoms with Crippen LogP contribution in [0.5, 0.6) is 5.75 Å². The van der Waals surface area contributed by atoms with Crippen molar-refractivity contribution in [3.05, 3.63) is 30.1 Å². The highest BCUT2D eigenvalue weighted by Crippen LogP contribution is 2.27. The first-order valence-corrected chi connectivity index (χ1v) is 6.90. The summed E-state index contributed by atoms with van der Waals surface area (Å²) in [6.45, 7) is 0.